The number of amides is 1. The van der Waals surface area contributed by atoms with Crippen LogP contribution in [0.3, 0.4) is 0 Å². The van der Waals surface area contributed by atoms with Gasteiger partial charge in [-0.1, -0.05) is 44.2 Å². The van der Waals surface area contributed by atoms with Crippen molar-refractivity contribution in [2.75, 3.05) is 0 Å². The molecule has 4 aromatic rings. The molecular weight excluding hydrogens is 388 g/mol. The first-order chi connectivity index (χ1) is 14.9. The molecule has 2 aromatic carbocycles. The van der Waals surface area contributed by atoms with E-state index in [1.807, 2.05) is 56.3 Å². The van der Waals surface area contributed by atoms with E-state index in [2.05, 4.69) is 46.8 Å². The fourth-order valence-corrected chi connectivity index (χ4v) is 3.97. The normalized spacial score (nSPS) is 12.5. The summed E-state index contributed by atoms with van der Waals surface area (Å²) in [6.45, 7) is 10.9. The number of hydrogen-bond donors (Lipinski definition) is 1. The number of aromatic nitrogens is 5. The highest BCUT2D eigenvalue weighted by Crippen LogP contribution is 2.24. The molecule has 0 aliphatic rings. The Balaban J connectivity index is 1.61. The Kier molecular flexibility index (Phi) is 5.59. The van der Waals surface area contributed by atoms with Crippen LogP contribution in [0, 0.1) is 6.92 Å². The van der Waals surface area contributed by atoms with Gasteiger partial charge in [-0.25, -0.2) is 14.6 Å². The standard InChI is InChI=1S/C24H28N6O/c1-6-29-21-14-10-8-12-19(21)27-23(29)16(4)25-24(31)22-26-17(5)30(28-22)20-13-9-7-11-18(20)15(2)3/h7-16H,6H2,1-5H3,(H,25,31). The Bertz CT molecular complexity index is 1240. The molecule has 0 aliphatic heterocycles. The fourth-order valence-electron chi connectivity index (χ4n) is 3.97. The number of fused-ring (bicyclic) bond motifs is 1. The molecule has 0 bridgehead atoms. The summed E-state index contributed by atoms with van der Waals surface area (Å²) in [5, 5.41) is 7.54. The third-order valence-corrected chi connectivity index (χ3v) is 5.49. The number of carbonyl (C=O) groups is 1. The van der Waals surface area contributed by atoms with Crippen LogP contribution in [0.15, 0.2) is 48.5 Å². The summed E-state index contributed by atoms with van der Waals surface area (Å²) < 4.78 is 3.87. The lowest BCUT2D eigenvalue weighted by Gasteiger charge is -2.14. The van der Waals surface area contributed by atoms with Gasteiger partial charge in [-0.05, 0) is 50.5 Å². The molecule has 0 saturated heterocycles. The number of nitrogens with zero attached hydrogens (tertiary/aromatic N) is 5. The highest BCUT2D eigenvalue weighted by atomic mass is 16.2. The van der Waals surface area contributed by atoms with Crippen molar-refractivity contribution in [1.82, 2.24) is 29.6 Å². The predicted octanol–water partition coefficient (Wildman–Crippen LogP) is 4.56. The van der Waals surface area contributed by atoms with Gasteiger partial charge in [0.1, 0.15) is 11.6 Å². The van der Waals surface area contributed by atoms with Crippen molar-refractivity contribution in [2.24, 2.45) is 0 Å². The molecule has 0 spiro atoms. The molecule has 7 heteroatoms. The Labute approximate surface area is 182 Å². The van der Waals surface area contributed by atoms with Gasteiger partial charge in [0, 0.05) is 6.54 Å². The van der Waals surface area contributed by atoms with Crippen molar-refractivity contribution in [3.8, 4) is 5.69 Å². The van der Waals surface area contributed by atoms with E-state index in [0.717, 1.165) is 34.7 Å². The number of nitrogens with one attached hydrogen (secondary N) is 1. The molecule has 1 N–H and O–H groups in total. The Morgan fingerprint density at radius 1 is 1.03 bits per heavy atom. The first-order valence-electron chi connectivity index (χ1n) is 10.7. The molecule has 160 valence electrons. The van der Waals surface area contributed by atoms with Crippen LogP contribution in [-0.4, -0.2) is 30.2 Å². The Hall–Kier alpha value is -3.48. The second kappa shape index (κ2) is 8.34. The van der Waals surface area contributed by atoms with Crippen LogP contribution < -0.4 is 5.32 Å². The molecule has 2 heterocycles. The monoisotopic (exact) mass is 416 g/mol. The average Bonchev–Trinajstić information content (AvgIpc) is 3.34. The van der Waals surface area contributed by atoms with Crippen LogP contribution in [0.1, 0.15) is 67.5 Å². The molecule has 4 rings (SSSR count). The van der Waals surface area contributed by atoms with Gasteiger partial charge in [-0.2, -0.15) is 0 Å². The number of aryl methyl sites for hydroxylation is 2. The number of carbonyl (C=O) groups excluding carboxylic acids is 1. The molecule has 2 aromatic heterocycles. The van der Waals surface area contributed by atoms with Crippen molar-refractivity contribution in [3.63, 3.8) is 0 Å². The molecule has 0 saturated carbocycles. The lowest BCUT2D eigenvalue weighted by Crippen LogP contribution is -2.29. The van der Waals surface area contributed by atoms with Crippen LogP contribution in [0.25, 0.3) is 16.7 Å². The number of benzene rings is 2. The van der Waals surface area contributed by atoms with E-state index in [1.165, 1.54) is 0 Å². The van der Waals surface area contributed by atoms with Crippen molar-refractivity contribution in [2.45, 2.75) is 53.1 Å². The van der Waals surface area contributed by atoms with Crippen molar-refractivity contribution >= 4 is 16.9 Å². The van der Waals surface area contributed by atoms with Crippen molar-refractivity contribution in [3.05, 3.63) is 71.6 Å². The molecule has 0 aliphatic carbocycles. The van der Waals surface area contributed by atoms with E-state index < -0.39 is 0 Å². The minimum atomic E-state index is -0.314. The van der Waals surface area contributed by atoms with Crippen LogP contribution in [0.5, 0.6) is 0 Å². The van der Waals surface area contributed by atoms with E-state index in [4.69, 9.17) is 4.98 Å². The maximum absolute atomic E-state index is 13.0. The summed E-state index contributed by atoms with van der Waals surface area (Å²) in [5.74, 6) is 1.66. The smallest absolute Gasteiger partial charge is 0.291 e. The molecule has 0 radical (unpaired) electrons. The molecule has 7 nitrogen and oxygen atoms in total. The molecule has 1 amide bonds. The van der Waals surface area contributed by atoms with Crippen LogP contribution in [0.4, 0.5) is 0 Å². The molecule has 1 unspecified atom stereocenters. The number of imidazole rings is 1. The fraction of sp³-hybridized carbons (Fsp3) is 0.333. The van der Waals surface area contributed by atoms with Gasteiger partial charge in [-0.15, -0.1) is 5.10 Å². The Morgan fingerprint density at radius 3 is 2.48 bits per heavy atom. The summed E-state index contributed by atoms with van der Waals surface area (Å²) in [6, 6.07) is 15.8. The average molecular weight is 417 g/mol. The number of para-hydroxylation sites is 3. The summed E-state index contributed by atoms with van der Waals surface area (Å²) in [7, 11) is 0. The molecular formula is C24H28N6O. The van der Waals surface area contributed by atoms with E-state index >= 15 is 0 Å². The highest BCUT2D eigenvalue weighted by molar-refractivity contribution is 5.90. The zero-order valence-electron chi connectivity index (χ0n) is 18.6. The van der Waals surface area contributed by atoms with Crippen LogP contribution in [0.2, 0.25) is 0 Å². The quantitative estimate of drug-likeness (QED) is 0.500. The van der Waals surface area contributed by atoms with E-state index in [1.54, 1.807) is 4.68 Å². The lowest BCUT2D eigenvalue weighted by atomic mass is 10.0. The second-order valence-electron chi connectivity index (χ2n) is 8.01. The van der Waals surface area contributed by atoms with Gasteiger partial charge in [0.2, 0.25) is 5.82 Å². The summed E-state index contributed by atoms with van der Waals surface area (Å²) in [6.07, 6.45) is 0. The van der Waals surface area contributed by atoms with Gasteiger partial charge in [-0.3, -0.25) is 4.79 Å². The van der Waals surface area contributed by atoms with E-state index in [-0.39, 0.29) is 17.8 Å². The number of hydrogen-bond acceptors (Lipinski definition) is 4. The molecule has 1 atom stereocenters. The second-order valence-corrected chi connectivity index (χ2v) is 8.01. The predicted molar refractivity (Wildman–Crippen MR) is 121 cm³/mol. The zero-order chi connectivity index (χ0) is 22.1. The van der Waals surface area contributed by atoms with Crippen molar-refractivity contribution in [1.29, 1.82) is 0 Å². The van der Waals surface area contributed by atoms with Crippen LogP contribution in [-0.2, 0) is 6.54 Å². The van der Waals surface area contributed by atoms with Gasteiger partial charge in [0.05, 0.1) is 22.8 Å². The van der Waals surface area contributed by atoms with Gasteiger partial charge in [0.25, 0.3) is 5.91 Å². The minimum Gasteiger partial charge on any atom is -0.340 e. The summed E-state index contributed by atoms with van der Waals surface area (Å²) in [5.41, 5.74) is 4.09. The maximum atomic E-state index is 13.0. The molecule has 31 heavy (non-hydrogen) atoms. The third-order valence-electron chi connectivity index (χ3n) is 5.49. The van der Waals surface area contributed by atoms with Gasteiger partial charge in [0.15, 0.2) is 0 Å². The summed E-state index contributed by atoms with van der Waals surface area (Å²) in [4.78, 5) is 22.1. The van der Waals surface area contributed by atoms with Gasteiger partial charge < -0.3 is 9.88 Å². The van der Waals surface area contributed by atoms with E-state index in [0.29, 0.717) is 11.7 Å². The number of rotatable bonds is 6. The van der Waals surface area contributed by atoms with Crippen molar-refractivity contribution < 1.29 is 4.79 Å². The minimum absolute atomic E-state index is 0.155. The first-order valence-corrected chi connectivity index (χ1v) is 10.7. The molecule has 0 fully saturated rings. The third kappa shape index (κ3) is 3.83. The largest absolute Gasteiger partial charge is 0.340 e. The lowest BCUT2D eigenvalue weighted by molar-refractivity contribution is 0.0927. The summed E-state index contributed by atoms with van der Waals surface area (Å²) >= 11 is 0. The zero-order valence-corrected chi connectivity index (χ0v) is 18.6. The van der Waals surface area contributed by atoms with Crippen LogP contribution >= 0.6 is 0 Å². The topological polar surface area (TPSA) is 77.6 Å². The first kappa shape index (κ1) is 20.8. The van der Waals surface area contributed by atoms with E-state index in [9.17, 15) is 4.79 Å². The highest BCUT2D eigenvalue weighted by Gasteiger charge is 2.22. The SMILES string of the molecule is CCn1c(C(C)NC(=O)c2nc(C)n(-c3ccccc3C(C)C)n2)nc2ccccc21. The Morgan fingerprint density at radius 2 is 1.74 bits per heavy atom. The maximum Gasteiger partial charge on any atom is 0.291 e. The van der Waals surface area contributed by atoms with Gasteiger partial charge >= 0.3 is 0 Å².